The first kappa shape index (κ1) is 20.9. The Hall–Kier alpha value is -1.40. The first-order valence-corrected chi connectivity index (χ1v) is 9.36. The van der Waals surface area contributed by atoms with Gasteiger partial charge in [0.05, 0.1) is 18.8 Å². The van der Waals surface area contributed by atoms with Crippen molar-refractivity contribution in [2.45, 2.75) is 25.2 Å². The van der Waals surface area contributed by atoms with Gasteiger partial charge in [0.1, 0.15) is 18.5 Å². The fourth-order valence-electron chi connectivity index (χ4n) is 2.34. The third-order valence-electron chi connectivity index (χ3n) is 3.74. The van der Waals surface area contributed by atoms with Crippen molar-refractivity contribution < 1.29 is 36.2 Å². The van der Waals surface area contributed by atoms with Crippen molar-refractivity contribution in [3.8, 4) is 5.75 Å². The third-order valence-corrected chi connectivity index (χ3v) is 5.43. The zero-order valence-electron chi connectivity index (χ0n) is 14.1. The highest BCUT2D eigenvalue weighted by Gasteiger charge is 2.31. The molecule has 0 aromatic heterocycles. The van der Waals surface area contributed by atoms with Crippen LogP contribution in [0.1, 0.15) is 12.5 Å². The van der Waals surface area contributed by atoms with Gasteiger partial charge in [-0.25, -0.2) is 0 Å². The number of halogens is 3. The molecule has 0 radical (unpaired) electrons. The maximum atomic E-state index is 12.5. The summed E-state index contributed by atoms with van der Waals surface area (Å²) in [7, 11) is -3.77. The van der Waals surface area contributed by atoms with Gasteiger partial charge in [-0.3, -0.25) is 0 Å². The number of hydrogen-bond acceptors (Lipinski definition) is 5. The molecule has 0 saturated carbocycles. The minimum Gasteiger partial charge on any atom is -0.491 e. The number of hydrogen-bond donors (Lipinski definition) is 2. The van der Waals surface area contributed by atoms with E-state index in [1.54, 1.807) is 6.92 Å². The largest absolute Gasteiger partial charge is 0.491 e. The van der Waals surface area contributed by atoms with Gasteiger partial charge in [0.2, 0.25) is 0 Å². The van der Waals surface area contributed by atoms with Crippen LogP contribution in [0.4, 0.5) is 13.2 Å². The molecule has 0 spiro atoms. The lowest BCUT2D eigenvalue weighted by atomic mass is 10.2. The molecule has 2 atom stereocenters. The summed E-state index contributed by atoms with van der Waals surface area (Å²) in [5, 5.41) is 9.85. The second kappa shape index (κ2) is 8.53. The molecule has 7 nitrogen and oxygen atoms in total. The lowest BCUT2D eigenvalue weighted by Gasteiger charge is -2.32. The van der Waals surface area contributed by atoms with E-state index in [0.29, 0.717) is 13.2 Å². The number of aliphatic hydroxyl groups excluding tert-OH is 1. The van der Waals surface area contributed by atoms with E-state index < -0.39 is 28.1 Å². The van der Waals surface area contributed by atoms with Gasteiger partial charge in [-0.2, -0.15) is 30.6 Å². The monoisotopic (exact) mass is 398 g/mol. The van der Waals surface area contributed by atoms with E-state index in [2.05, 4.69) is 4.72 Å². The van der Waals surface area contributed by atoms with Crippen molar-refractivity contribution in [1.82, 2.24) is 9.03 Å². The molecule has 1 aromatic rings. The smallest absolute Gasteiger partial charge is 0.416 e. The van der Waals surface area contributed by atoms with Crippen LogP contribution >= 0.6 is 0 Å². The first-order valence-electron chi connectivity index (χ1n) is 7.92. The molecule has 1 aromatic carbocycles. The number of benzene rings is 1. The molecule has 1 aliphatic rings. The lowest BCUT2D eigenvalue weighted by Crippen LogP contribution is -2.52. The molecule has 1 heterocycles. The first-order chi connectivity index (χ1) is 12.1. The van der Waals surface area contributed by atoms with Crippen molar-refractivity contribution in [2.24, 2.45) is 0 Å². The molecule has 1 fully saturated rings. The maximum Gasteiger partial charge on any atom is 0.416 e. The molecule has 1 aliphatic heterocycles. The summed E-state index contributed by atoms with van der Waals surface area (Å²) >= 11 is 0. The number of ether oxygens (including phenoxy) is 2. The van der Waals surface area contributed by atoms with E-state index >= 15 is 0 Å². The van der Waals surface area contributed by atoms with Crippen molar-refractivity contribution in [3.05, 3.63) is 29.8 Å². The molecule has 11 heteroatoms. The van der Waals surface area contributed by atoms with Crippen LogP contribution in [0.25, 0.3) is 0 Å². The minimum atomic E-state index is -4.44. The van der Waals surface area contributed by atoms with Crippen LogP contribution < -0.4 is 9.46 Å². The Morgan fingerprint density at radius 2 is 2.04 bits per heavy atom. The van der Waals surface area contributed by atoms with Gasteiger partial charge >= 0.3 is 6.18 Å². The van der Waals surface area contributed by atoms with Crippen LogP contribution in [-0.4, -0.2) is 62.9 Å². The predicted octanol–water partition coefficient (Wildman–Crippen LogP) is 1.00. The van der Waals surface area contributed by atoms with E-state index in [9.17, 15) is 26.7 Å². The van der Waals surface area contributed by atoms with Crippen LogP contribution in [0.5, 0.6) is 5.75 Å². The Balaban J connectivity index is 1.80. The standard InChI is InChI=1S/C15H21F3N2O5S/c1-11-9-24-7-6-20(11)26(22,23)19-8-13(21)10-25-14-4-2-12(3-5-14)15(16,17)18/h2-5,11,13,19,21H,6-10H2,1H3. The Morgan fingerprint density at radius 3 is 2.62 bits per heavy atom. The summed E-state index contributed by atoms with van der Waals surface area (Å²) in [5.74, 6) is 0.140. The number of morpholine rings is 1. The highest BCUT2D eigenvalue weighted by molar-refractivity contribution is 7.87. The van der Waals surface area contributed by atoms with Crippen molar-refractivity contribution >= 4 is 10.2 Å². The molecule has 0 amide bonds. The summed E-state index contributed by atoms with van der Waals surface area (Å²) in [4.78, 5) is 0. The number of nitrogens with one attached hydrogen (secondary N) is 1. The number of nitrogens with zero attached hydrogens (tertiary/aromatic N) is 1. The second-order valence-corrected chi connectivity index (χ2v) is 7.58. The molecule has 0 bridgehead atoms. The second-order valence-electron chi connectivity index (χ2n) is 5.88. The summed E-state index contributed by atoms with van der Waals surface area (Å²) in [6.07, 6.45) is -5.60. The predicted molar refractivity (Wildman–Crippen MR) is 86.9 cm³/mol. The maximum absolute atomic E-state index is 12.5. The van der Waals surface area contributed by atoms with E-state index in [4.69, 9.17) is 9.47 Å². The Labute approximate surface area is 149 Å². The number of aliphatic hydroxyl groups is 1. The highest BCUT2D eigenvalue weighted by Crippen LogP contribution is 2.30. The zero-order valence-corrected chi connectivity index (χ0v) is 14.9. The van der Waals surface area contributed by atoms with Gasteiger partial charge in [-0.05, 0) is 31.2 Å². The van der Waals surface area contributed by atoms with E-state index in [1.165, 1.54) is 4.31 Å². The van der Waals surface area contributed by atoms with Crippen LogP contribution in [0.2, 0.25) is 0 Å². The summed E-state index contributed by atoms with van der Waals surface area (Å²) in [6, 6.07) is 3.68. The van der Waals surface area contributed by atoms with Gasteiger partial charge < -0.3 is 14.6 Å². The molecular weight excluding hydrogens is 377 g/mol. The average Bonchev–Trinajstić information content (AvgIpc) is 2.58. The molecule has 26 heavy (non-hydrogen) atoms. The molecule has 2 unspecified atom stereocenters. The van der Waals surface area contributed by atoms with Crippen LogP contribution in [0.15, 0.2) is 24.3 Å². The zero-order chi connectivity index (χ0) is 19.4. The van der Waals surface area contributed by atoms with Gasteiger partial charge in [0.25, 0.3) is 10.2 Å². The van der Waals surface area contributed by atoms with Crippen molar-refractivity contribution in [1.29, 1.82) is 0 Å². The Bertz CT molecular complexity index is 682. The molecule has 0 aliphatic carbocycles. The average molecular weight is 398 g/mol. The Morgan fingerprint density at radius 1 is 1.38 bits per heavy atom. The van der Waals surface area contributed by atoms with E-state index in [0.717, 1.165) is 24.3 Å². The van der Waals surface area contributed by atoms with E-state index in [1.807, 2.05) is 0 Å². The fraction of sp³-hybridized carbons (Fsp3) is 0.600. The van der Waals surface area contributed by atoms with Crippen LogP contribution in [-0.2, 0) is 21.1 Å². The molecule has 2 rings (SSSR count). The highest BCUT2D eigenvalue weighted by atomic mass is 32.2. The van der Waals surface area contributed by atoms with Gasteiger partial charge in [0, 0.05) is 19.1 Å². The summed E-state index contributed by atoms with van der Waals surface area (Å²) < 4.78 is 75.7. The topological polar surface area (TPSA) is 88.1 Å². The molecule has 1 saturated heterocycles. The molecule has 2 N–H and O–H groups in total. The summed E-state index contributed by atoms with van der Waals surface area (Å²) in [5.41, 5.74) is -0.808. The summed E-state index contributed by atoms with van der Waals surface area (Å²) in [6.45, 7) is 1.96. The fourth-order valence-corrected chi connectivity index (χ4v) is 3.76. The van der Waals surface area contributed by atoms with Gasteiger partial charge in [-0.15, -0.1) is 0 Å². The van der Waals surface area contributed by atoms with Crippen LogP contribution in [0, 0.1) is 0 Å². The van der Waals surface area contributed by atoms with Crippen LogP contribution in [0.3, 0.4) is 0 Å². The molecule has 148 valence electrons. The number of alkyl halides is 3. The quantitative estimate of drug-likeness (QED) is 0.716. The van der Waals surface area contributed by atoms with Crippen molar-refractivity contribution in [2.75, 3.05) is 32.9 Å². The molecular formula is C15H21F3N2O5S. The SMILES string of the molecule is CC1COCCN1S(=O)(=O)NCC(O)COc1ccc(C(F)(F)F)cc1. The van der Waals surface area contributed by atoms with E-state index in [-0.39, 0.29) is 31.5 Å². The minimum absolute atomic E-state index is 0.140. The lowest BCUT2D eigenvalue weighted by molar-refractivity contribution is -0.137. The van der Waals surface area contributed by atoms with Gasteiger partial charge in [-0.1, -0.05) is 0 Å². The van der Waals surface area contributed by atoms with Gasteiger partial charge in [0.15, 0.2) is 0 Å². The normalized spacial score (nSPS) is 20.7. The van der Waals surface area contributed by atoms with Crippen molar-refractivity contribution in [3.63, 3.8) is 0 Å². The third kappa shape index (κ3) is 5.81. The number of rotatable bonds is 7. The Kier molecular flexibility index (Phi) is 6.86.